The number of nitro groups is 1. The summed E-state index contributed by atoms with van der Waals surface area (Å²) in [4.78, 5) is 34.1. The van der Waals surface area contributed by atoms with Gasteiger partial charge in [-0.2, -0.15) is 5.10 Å². The van der Waals surface area contributed by atoms with E-state index in [0.29, 0.717) is 5.56 Å². The van der Waals surface area contributed by atoms with Crippen LogP contribution in [0.4, 0.5) is 5.69 Å². The molecule has 0 saturated heterocycles. The van der Waals surface area contributed by atoms with Crippen LogP contribution in [0.2, 0.25) is 0 Å². The summed E-state index contributed by atoms with van der Waals surface area (Å²) in [5, 5.41) is 17.2. The van der Waals surface area contributed by atoms with Gasteiger partial charge < -0.3 is 10.1 Å². The van der Waals surface area contributed by atoms with E-state index in [2.05, 4.69) is 15.8 Å². The molecule has 9 heteroatoms. The highest BCUT2D eigenvalue weighted by Gasteiger charge is 2.17. The van der Waals surface area contributed by atoms with Gasteiger partial charge >= 0.3 is 17.5 Å². The van der Waals surface area contributed by atoms with E-state index in [-0.39, 0.29) is 17.5 Å². The molecule has 2 rings (SSSR count). The highest BCUT2D eigenvalue weighted by molar-refractivity contribution is 6.35. The number of amides is 2. The minimum absolute atomic E-state index is 0.107. The van der Waals surface area contributed by atoms with Crippen molar-refractivity contribution in [1.82, 2.24) is 10.7 Å². The summed E-state index contributed by atoms with van der Waals surface area (Å²) >= 11 is 0. The molecule has 0 aliphatic rings. The molecule has 27 heavy (non-hydrogen) atoms. The number of ether oxygens (including phenoxy) is 1. The van der Waals surface area contributed by atoms with Crippen LogP contribution in [0.3, 0.4) is 0 Å². The Labute approximate surface area is 155 Å². The maximum absolute atomic E-state index is 11.9. The predicted octanol–water partition coefficient (Wildman–Crippen LogP) is 1.93. The monoisotopic (exact) mass is 370 g/mol. The molecular weight excluding hydrogens is 352 g/mol. The SMILES string of the molecule is COc1ccc(/C=N\NC(=O)C(=O)N[C@H](C)c2ccccc2)cc1[N+](=O)[O-]. The largest absolute Gasteiger partial charge is 0.490 e. The molecule has 0 unspecified atom stereocenters. The van der Waals surface area contributed by atoms with Crippen molar-refractivity contribution in [3.8, 4) is 5.75 Å². The van der Waals surface area contributed by atoms with Gasteiger partial charge in [0.25, 0.3) is 0 Å². The maximum atomic E-state index is 11.9. The summed E-state index contributed by atoms with van der Waals surface area (Å²) in [5.74, 6) is -1.68. The number of benzene rings is 2. The van der Waals surface area contributed by atoms with Gasteiger partial charge in [0.15, 0.2) is 5.75 Å². The Morgan fingerprint density at radius 1 is 1.19 bits per heavy atom. The Morgan fingerprint density at radius 2 is 1.89 bits per heavy atom. The van der Waals surface area contributed by atoms with E-state index in [1.165, 1.54) is 31.5 Å². The number of hydrogen-bond donors (Lipinski definition) is 2. The third-order valence-electron chi connectivity index (χ3n) is 3.63. The normalized spacial score (nSPS) is 11.6. The lowest BCUT2D eigenvalue weighted by Gasteiger charge is -2.13. The quantitative estimate of drug-likeness (QED) is 0.348. The highest BCUT2D eigenvalue weighted by atomic mass is 16.6. The van der Waals surface area contributed by atoms with Crippen LogP contribution in [-0.4, -0.2) is 30.1 Å². The van der Waals surface area contributed by atoms with Crippen LogP contribution < -0.4 is 15.5 Å². The second-order valence-corrected chi connectivity index (χ2v) is 5.49. The Hall–Kier alpha value is -3.75. The zero-order valence-electron chi connectivity index (χ0n) is 14.7. The minimum Gasteiger partial charge on any atom is -0.490 e. The molecule has 0 aliphatic heterocycles. The second kappa shape index (κ2) is 9.09. The summed E-state index contributed by atoms with van der Waals surface area (Å²) in [6.45, 7) is 1.75. The maximum Gasteiger partial charge on any atom is 0.329 e. The standard InChI is InChI=1S/C18H18N4O5/c1-12(14-6-4-3-5-7-14)20-17(23)18(24)21-19-11-13-8-9-16(27-2)15(10-13)22(25)26/h3-12H,1-2H3,(H,20,23)(H,21,24)/b19-11-/t12-/m1/s1. The molecule has 0 aliphatic carbocycles. The second-order valence-electron chi connectivity index (χ2n) is 5.49. The molecule has 0 spiro atoms. The van der Waals surface area contributed by atoms with Gasteiger partial charge in [0.1, 0.15) is 0 Å². The Morgan fingerprint density at radius 3 is 2.52 bits per heavy atom. The molecular formula is C18H18N4O5. The molecule has 0 saturated carbocycles. The van der Waals surface area contributed by atoms with Crippen LogP contribution in [-0.2, 0) is 9.59 Å². The number of nitrogens with one attached hydrogen (secondary N) is 2. The van der Waals surface area contributed by atoms with Gasteiger partial charge in [-0.25, -0.2) is 5.43 Å². The topological polar surface area (TPSA) is 123 Å². The fourth-order valence-electron chi connectivity index (χ4n) is 2.23. The van der Waals surface area contributed by atoms with E-state index in [1.807, 2.05) is 30.3 Å². The number of methoxy groups -OCH3 is 1. The zero-order valence-corrected chi connectivity index (χ0v) is 14.7. The van der Waals surface area contributed by atoms with Crippen LogP contribution in [0.5, 0.6) is 5.75 Å². The number of carbonyl (C=O) groups excluding carboxylic acids is 2. The molecule has 2 aromatic rings. The van der Waals surface area contributed by atoms with Crippen molar-refractivity contribution in [2.45, 2.75) is 13.0 Å². The predicted molar refractivity (Wildman–Crippen MR) is 98.4 cm³/mol. The summed E-state index contributed by atoms with van der Waals surface area (Å²) in [6.07, 6.45) is 1.19. The Balaban J connectivity index is 1.95. The van der Waals surface area contributed by atoms with Crippen LogP contribution in [0.1, 0.15) is 24.1 Å². The first-order chi connectivity index (χ1) is 12.9. The van der Waals surface area contributed by atoms with Gasteiger partial charge in [0, 0.05) is 11.6 Å². The van der Waals surface area contributed by atoms with Gasteiger partial charge in [-0.05, 0) is 24.6 Å². The third-order valence-corrected chi connectivity index (χ3v) is 3.63. The lowest BCUT2D eigenvalue weighted by atomic mass is 10.1. The lowest BCUT2D eigenvalue weighted by molar-refractivity contribution is -0.385. The van der Waals surface area contributed by atoms with Crippen molar-refractivity contribution in [3.05, 3.63) is 69.8 Å². The average molecular weight is 370 g/mol. The first-order valence-electron chi connectivity index (χ1n) is 7.93. The van der Waals surface area contributed by atoms with Crippen molar-refractivity contribution >= 4 is 23.7 Å². The molecule has 2 N–H and O–H groups in total. The number of nitrogens with zero attached hydrogens (tertiary/aromatic N) is 2. The smallest absolute Gasteiger partial charge is 0.329 e. The molecule has 9 nitrogen and oxygen atoms in total. The van der Waals surface area contributed by atoms with Crippen LogP contribution in [0.15, 0.2) is 53.6 Å². The number of rotatable bonds is 6. The van der Waals surface area contributed by atoms with Crippen molar-refractivity contribution in [2.75, 3.05) is 7.11 Å². The molecule has 0 heterocycles. The third kappa shape index (κ3) is 5.36. The van der Waals surface area contributed by atoms with E-state index in [4.69, 9.17) is 4.74 Å². The van der Waals surface area contributed by atoms with Gasteiger partial charge in [-0.3, -0.25) is 19.7 Å². The summed E-state index contributed by atoms with van der Waals surface area (Å²) in [5.41, 5.74) is 3.06. The minimum atomic E-state index is -0.947. The van der Waals surface area contributed by atoms with Crippen LogP contribution >= 0.6 is 0 Å². The van der Waals surface area contributed by atoms with E-state index in [1.54, 1.807) is 6.92 Å². The van der Waals surface area contributed by atoms with E-state index >= 15 is 0 Å². The van der Waals surface area contributed by atoms with Crippen LogP contribution in [0, 0.1) is 10.1 Å². The number of carbonyl (C=O) groups is 2. The van der Waals surface area contributed by atoms with Gasteiger partial charge in [0.2, 0.25) is 0 Å². The van der Waals surface area contributed by atoms with Crippen LogP contribution in [0.25, 0.3) is 0 Å². The first kappa shape index (κ1) is 19.6. The molecule has 1 atom stereocenters. The summed E-state index contributed by atoms with van der Waals surface area (Å²) in [6, 6.07) is 13.0. The van der Waals surface area contributed by atoms with E-state index in [0.717, 1.165) is 5.56 Å². The van der Waals surface area contributed by atoms with Gasteiger partial charge in [-0.15, -0.1) is 0 Å². The molecule has 140 valence electrons. The Kier molecular flexibility index (Phi) is 6.59. The van der Waals surface area contributed by atoms with Gasteiger partial charge in [-0.1, -0.05) is 30.3 Å². The van der Waals surface area contributed by atoms with Crippen molar-refractivity contribution < 1.29 is 19.2 Å². The molecule has 0 bridgehead atoms. The fraction of sp³-hybridized carbons (Fsp3) is 0.167. The molecule has 2 aromatic carbocycles. The number of hydrazone groups is 1. The highest BCUT2D eigenvalue weighted by Crippen LogP contribution is 2.26. The first-order valence-corrected chi connectivity index (χ1v) is 7.93. The molecule has 0 fully saturated rings. The zero-order chi connectivity index (χ0) is 19.8. The number of hydrogen-bond acceptors (Lipinski definition) is 6. The lowest BCUT2D eigenvalue weighted by Crippen LogP contribution is -2.39. The summed E-state index contributed by atoms with van der Waals surface area (Å²) in [7, 11) is 1.32. The van der Waals surface area contributed by atoms with Crippen molar-refractivity contribution in [1.29, 1.82) is 0 Å². The van der Waals surface area contributed by atoms with Crippen molar-refractivity contribution in [2.24, 2.45) is 5.10 Å². The van der Waals surface area contributed by atoms with E-state index < -0.39 is 16.7 Å². The fourth-order valence-corrected chi connectivity index (χ4v) is 2.23. The summed E-state index contributed by atoms with van der Waals surface area (Å²) < 4.78 is 4.90. The number of nitro benzene ring substituents is 1. The molecule has 0 radical (unpaired) electrons. The van der Waals surface area contributed by atoms with Crippen molar-refractivity contribution in [3.63, 3.8) is 0 Å². The van der Waals surface area contributed by atoms with Gasteiger partial charge in [0.05, 0.1) is 24.3 Å². The molecule has 2 amide bonds. The Bertz CT molecular complexity index is 867. The van der Waals surface area contributed by atoms with E-state index in [9.17, 15) is 19.7 Å². The average Bonchev–Trinajstić information content (AvgIpc) is 2.68. The molecule has 0 aromatic heterocycles.